The molecule has 0 unspecified atom stereocenters. The van der Waals surface area contributed by atoms with E-state index in [4.69, 9.17) is 8.25 Å². The Kier molecular flexibility index (Phi) is 2.16. The summed E-state index contributed by atoms with van der Waals surface area (Å²) in [6.07, 6.45) is 4.19. The summed E-state index contributed by atoms with van der Waals surface area (Å²) in [5.74, 6) is 0.906. The van der Waals surface area contributed by atoms with E-state index < -0.39 is 23.3 Å². The van der Waals surface area contributed by atoms with Gasteiger partial charge >= 0.3 is 91.1 Å². The Bertz CT molecular complexity index is 234. The third-order valence-corrected chi connectivity index (χ3v) is 14.9. The van der Waals surface area contributed by atoms with Crippen LogP contribution in [0.2, 0.25) is 2.92 Å². The van der Waals surface area contributed by atoms with Gasteiger partial charge in [-0.05, 0) is 0 Å². The Balaban J connectivity index is 2.38. The van der Waals surface area contributed by atoms with Gasteiger partial charge in [0, 0.05) is 0 Å². The van der Waals surface area contributed by atoms with Crippen LogP contribution in [0.3, 0.4) is 0 Å². The summed E-state index contributed by atoms with van der Waals surface area (Å²) in [5, 5.41) is 0. The number of hydrogen-bond donors (Lipinski definition) is 0. The predicted octanol–water partition coefficient (Wildman–Crippen LogP) is 3.78. The van der Waals surface area contributed by atoms with Crippen LogP contribution in [0.15, 0.2) is 12.2 Å². The molecule has 2 aliphatic rings. The van der Waals surface area contributed by atoms with Gasteiger partial charge in [-0.3, -0.25) is 0 Å². The first-order valence-corrected chi connectivity index (χ1v) is 14.3. The molecule has 0 aromatic carbocycles. The van der Waals surface area contributed by atoms with E-state index in [1.165, 1.54) is 24.8 Å². The Hall–Kier alpha value is 0.965. The molecule has 0 N–H and O–H groups in total. The standard InChI is InChI=1S/C10H15.ClH.Hg/c1-7-8-4-5-9(6-8)10(7,2)3;;/h9H,1,4-6H2,2-3H3;1H;/q;;+1/p-1/t9-;;/m1../s1. The molecular weight excluding hydrogens is 356 g/mol. The van der Waals surface area contributed by atoms with Crippen LogP contribution in [0.4, 0.5) is 0 Å². The maximum absolute atomic E-state index is 6.27. The first kappa shape index (κ1) is 9.52. The molecule has 2 bridgehead atoms. The van der Waals surface area contributed by atoms with E-state index in [0.717, 1.165) is 5.92 Å². The molecule has 2 fully saturated rings. The molecule has 2 heteroatoms. The molecule has 0 saturated heterocycles. The molecule has 0 aliphatic heterocycles. The average molecular weight is 371 g/mol. The van der Waals surface area contributed by atoms with Crippen LogP contribution in [0.25, 0.3) is 0 Å². The first-order valence-electron chi connectivity index (χ1n) is 4.79. The predicted molar refractivity (Wildman–Crippen MR) is 48.8 cm³/mol. The van der Waals surface area contributed by atoms with Gasteiger partial charge < -0.3 is 0 Å². The van der Waals surface area contributed by atoms with Gasteiger partial charge in [0.1, 0.15) is 0 Å². The molecule has 2 saturated carbocycles. The van der Waals surface area contributed by atoms with Gasteiger partial charge in [-0.15, -0.1) is 0 Å². The van der Waals surface area contributed by atoms with Crippen LogP contribution in [0.5, 0.6) is 0 Å². The molecule has 0 heterocycles. The zero-order valence-corrected chi connectivity index (χ0v) is 14.2. The second-order valence-corrected chi connectivity index (χ2v) is 13.7. The van der Waals surface area contributed by atoms with Crippen molar-refractivity contribution in [3.63, 3.8) is 0 Å². The van der Waals surface area contributed by atoms with Gasteiger partial charge in [-0.2, -0.15) is 0 Å². The van der Waals surface area contributed by atoms with E-state index in [1.54, 1.807) is 0 Å². The van der Waals surface area contributed by atoms with Crippen molar-refractivity contribution in [1.82, 2.24) is 0 Å². The number of rotatable bonds is 1. The van der Waals surface area contributed by atoms with Crippen molar-refractivity contribution in [2.45, 2.75) is 36.0 Å². The SMILES string of the molecule is C=C1C(C)(C)[C@@H]2CC[C@@]1([Hg][Cl])C2. The fourth-order valence-corrected chi connectivity index (χ4v) is 12.2. The molecule has 2 aliphatic carbocycles. The van der Waals surface area contributed by atoms with Gasteiger partial charge in [0.25, 0.3) is 0 Å². The van der Waals surface area contributed by atoms with Gasteiger partial charge in [0.2, 0.25) is 0 Å². The quantitative estimate of drug-likeness (QED) is 0.486. The monoisotopic (exact) mass is 372 g/mol. The van der Waals surface area contributed by atoms with Crippen molar-refractivity contribution < 1.29 is 23.3 Å². The number of fused-ring (bicyclic) bond motifs is 2. The fraction of sp³-hybridized carbons (Fsp3) is 0.800. The molecular formula is C10H15ClHg. The Labute approximate surface area is 90.6 Å². The van der Waals surface area contributed by atoms with Crippen LogP contribution in [0.1, 0.15) is 33.1 Å². The van der Waals surface area contributed by atoms with E-state index in [0.29, 0.717) is 8.34 Å². The van der Waals surface area contributed by atoms with Crippen LogP contribution in [-0.4, -0.2) is 0 Å². The van der Waals surface area contributed by atoms with Crippen molar-refractivity contribution in [1.29, 1.82) is 0 Å². The topological polar surface area (TPSA) is 0 Å². The fourth-order valence-electron chi connectivity index (χ4n) is 3.15. The van der Waals surface area contributed by atoms with Crippen molar-refractivity contribution in [2.24, 2.45) is 11.3 Å². The molecule has 0 nitrogen and oxygen atoms in total. The zero-order valence-electron chi connectivity index (χ0n) is 7.99. The zero-order chi connectivity index (χ0) is 8.98. The third kappa shape index (κ3) is 1.00. The van der Waals surface area contributed by atoms with Crippen LogP contribution < -0.4 is 0 Å². The minimum absolute atomic E-state index is 0.410. The number of allylic oxidation sites excluding steroid dienone is 1. The molecule has 0 radical (unpaired) electrons. The van der Waals surface area contributed by atoms with Crippen LogP contribution in [-0.2, 0) is 23.3 Å². The third-order valence-electron chi connectivity index (χ3n) is 4.30. The summed E-state index contributed by atoms with van der Waals surface area (Å²) in [7, 11) is 6.27. The van der Waals surface area contributed by atoms with E-state index in [9.17, 15) is 0 Å². The maximum atomic E-state index is 6.27. The van der Waals surface area contributed by atoms with Crippen molar-refractivity contribution in [3.8, 4) is 0 Å². The summed E-state index contributed by atoms with van der Waals surface area (Å²) >= 11 is -1.14. The molecule has 2 atom stereocenters. The van der Waals surface area contributed by atoms with Crippen molar-refractivity contribution in [2.75, 3.05) is 0 Å². The minimum atomic E-state index is -1.14. The summed E-state index contributed by atoms with van der Waals surface area (Å²) in [5.41, 5.74) is 1.93. The van der Waals surface area contributed by atoms with E-state index in [2.05, 4.69) is 20.4 Å². The van der Waals surface area contributed by atoms with E-state index in [-0.39, 0.29) is 0 Å². The van der Waals surface area contributed by atoms with Crippen molar-refractivity contribution >= 4 is 8.25 Å². The van der Waals surface area contributed by atoms with E-state index >= 15 is 0 Å². The molecule has 2 rings (SSSR count). The van der Waals surface area contributed by atoms with Gasteiger partial charge in [-0.1, -0.05) is 0 Å². The van der Waals surface area contributed by atoms with E-state index in [1.807, 2.05) is 0 Å². The molecule has 0 spiro atoms. The van der Waals surface area contributed by atoms with Gasteiger partial charge in [0.05, 0.1) is 0 Å². The Morgan fingerprint density at radius 1 is 1.58 bits per heavy atom. The average Bonchev–Trinajstić information content (AvgIpc) is 2.53. The van der Waals surface area contributed by atoms with Gasteiger partial charge in [0.15, 0.2) is 0 Å². The molecule has 0 aromatic heterocycles. The normalized spacial score (nSPS) is 43.2. The summed E-state index contributed by atoms with van der Waals surface area (Å²) in [4.78, 5) is 0. The molecule has 0 amide bonds. The van der Waals surface area contributed by atoms with Crippen LogP contribution in [0, 0.1) is 11.3 Å². The summed E-state index contributed by atoms with van der Waals surface area (Å²) in [6, 6.07) is 0. The number of halogens is 1. The molecule has 12 heavy (non-hydrogen) atoms. The number of hydrogen-bond acceptors (Lipinski definition) is 0. The summed E-state index contributed by atoms with van der Waals surface area (Å²) in [6.45, 7) is 9.03. The molecule has 0 aromatic rings. The van der Waals surface area contributed by atoms with Crippen molar-refractivity contribution in [3.05, 3.63) is 12.2 Å². The second kappa shape index (κ2) is 2.73. The summed E-state index contributed by atoms with van der Waals surface area (Å²) < 4.78 is 0.537. The van der Waals surface area contributed by atoms with Crippen LogP contribution >= 0.6 is 8.25 Å². The first-order chi connectivity index (χ1) is 5.53. The van der Waals surface area contributed by atoms with Gasteiger partial charge in [-0.25, -0.2) is 0 Å². The molecule has 64 valence electrons. The Morgan fingerprint density at radius 3 is 2.58 bits per heavy atom. The second-order valence-electron chi connectivity index (χ2n) is 5.05. The Morgan fingerprint density at radius 2 is 2.25 bits per heavy atom.